The Bertz CT molecular complexity index is 908. The van der Waals surface area contributed by atoms with Gasteiger partial charge in [-0.15, -0.1) is 0 Å². The summed E-state index contributed by atoms with van der Waals surface area (Å²) < 4.78 is 25.2. The second-order valence-corrected chi connectivity index (χ2v) is 8.37. The van der Waals surface area contributed by atoms with Gasteiger partial charge in [0.25, 0.3) is 0 Å². The summed E-state index contributed by atoms with van der Waals surface area (Å²) in [6.45, 7) is 7.94. The lowest BCUT2D eigenvalue weighted by molar-refractivity contribution is -0.0502. The van der Waals surface area contributed by atoms with Crippen LogP contribution in [-0.4, -0.2) is 67.8 Å². The summed E-state index contributed by atoms with van der Waals surface area (Å²) in [6, 6.07) is 16.1. The van der Waals surface area contributed by atoms with E-state index in [-0.39, 0.29) is 18.5 Å². The zero-order chi connectivity index (χ0) is 22.3. The molecule has 32 heavy (non-hydrogen) atoms. The fraction of sp³-hybridized carbons (Fsp3) is 0.480. The van der Waals surface area contributed by atoms with Crippen LogP contribution < -0.4 is 5.32 Å². The fourth-order valence-corrected chi connectivity index (χ4v) is 4.53. The van der Waals surface area contributed by atoms with E-state index in [9.17, 15) is 4.39 Å². The number of benzene rings is 2. The minimum Gasteiger partial charge on any atom is -0.380 e. The van der Waals surface area contributed by atoms with Crippen molar-refractivity contribution in [2.45, 2.75) is 38.8 Å². The second-order valence-electron chi connectivity index (χ2n) is 8.37. The predicted octanol–water partition coefficient (Wildman–Crippen LogP) is 3.02. The number of methoxy groups -OCH3 is 1. The summed E-state index contributed by atoms with van der Waals surface area (Å²) in [5, 5.41) is 3.42. The lowest BCUT2D eigenvalue weighted by Crippen LogP contribution is -2.50. The molecule has 0 bridgehead atoms. The van der Waals surface area contributed by atoms with Gasteiger partial charge in [-0.05, 0) is 30.2 Å². The maximum atomic E-state index is 13.9. The summed E-state index contributed by atoms with van der Waals surface area (Å²) in [4.78, 5) is 9.68. The van der Waals surface area contributed by atoms with Crippen molar-refractivity contribution in [2.24, 2.45) is 4.99 Å². The average Bonchev–Trinajstić information content (AvgIpc) is 3.25. The van der Waals surface area contributed by atoms with Crippen LogP contribution in [0.25, 0.3) is 0 Å². The zero-order valence-electron chi connectivity index (χ0n) is 19.0. The van der Waals surface area contributed by atoms with E-state index in [1.807, 2.05) is 6.07 Å². The van der Waals surface area contributed by atoms with Gasteiger partial charge in [0.05, 0.1) is 31.9 Å². The Hall–Kier alpha value is -2.48. The first-order valence-electron chi connectivity index (χ1n) is 11.4. The van der Waals surface area contributed by atoms with Gasteiger partial charge < -0.3 is 19.7 Å². The molecule has 0 spiro atoms. The lowest BCUT2D eigenvalue weighted by atomic mass is 10.1. The number of hydrogen-bond acceptors (Lipinski definition) is 4. The lowest BCUT2D eigenvalue weighted by Gasteiger charge is -2.36. The van der Waals surface area contributed by atoms with Crippen molar-refractivity contribution in [2.75, 3.05) is 39.9 Å². The monoisotopic (exact) mass is 440 g/mol. The Labute approximate surface area is 190 Å². The highest BCUT2D eigenvalue weighted by molar-refractivity contribution is 5.80. The van der Waals surface area contributed by atoms with Crippen molar-refractivity contribution in [3.05, 3.63) is 71.0 Å². The third-order valence-electron chi connectivity index (χ3n) is 6.10. The molecule has 2 aromatic rings. The number of aliphatic imine (C=N–C) groups is 1. The quantitative estimate of drug-likeness (QED) is 0.530. The van der Waals surface area contributed by atoms with Crippen molar-refractivity contribution in [1.29, 1.82) is 0 Å². The predicted molar refractivity (Wildman–Crippen MR) is 124 cm³/mol. The van der Waals surface area contributed by atoms with Crippen LogP contribution in [0.2, 0.25) is 0 Å². The smallest absolute Gasteiger partial charge is 0.194 e. The van der Waals surface area contributed by atoms with Gasteiger partial charge in [-0.25, -0.2) is 9.38 Å². The van der Waals surface area contributed by atoms with Crippen LogP contribution in [0, 0.1) is 5.82 Å². The van der Waals surface area contributed by atoms with Gasteiger partial charge in [0.1, 0.15) is 5.82 Å². The molecule has 2 atom stereocenters. The molecule has 2 aliphatic heterocycles. The first-order chi connectivity index (χ1) is 15.7. The van der Waals surface area contributed by atoms with Crippen LogP contribution in [-0.2, 0) is 29.2 Å². The fourth-order valence-electron chi connectivity index (χ4n) is 4.53. The molecule has 0 saturated carbocycles. The van der Waals surface area contributed by atoms with Gasteiger partial charge in [-0.2, -0.15) is 0 Å². The molecule has 2 unspecified atom stereocenters. The molecule has 0 aromatic heterocycles. The van der Waals surface area contributed by atoms with E-state index < -0.39 is 0 Å². The molecule has 1 N–H and O–H groups in total. The number of guanidine groups is 1. The van der Waals surface area contributed by atoms with Crippen LogP contribution >= 0.6 is 0 Å². The van der Waals surface area contributed by atoms with Crippen molar-refractivity contribution in [3.8, 4) is 0 Å². The number of nitrogens with one attached hydrogen (secondary N) is 1. The van der Waals surface area contributed by atoms with Crippen LogP contribution in [0.5, 0.6) is 0 Å². The average molecular weight is 441 g/mol. The number of halogens is 1. The molecule has 2 fully saturated rings. The van der Waals surface area contributed by atoms with Crippen molar-refractivity contribution < 1.29 is 13.9 Å². The van der Waals surface area contributed by atoms with Crippen molar-refractivity contribution in [1.82, 2.24) is 15.1 Å². The number of nitrogens with zero attached hydrogens (tertiary/aromatic N) is 3. The normalized spacial score (nSPS) is 21.6. The maximum Gasteiger partial charge on any atom is 0.194 e. The molecule has 7 heteroatoms. The molecule has 4 rings (SSSR count). The number of hydrogen-bond donors (Lipinski definition) is 1. The maximum absolute atomic E-state index is 13.9. The minimum absolute atomic E-state index is 0.176. The molecule has 2 aliphatic rings. The van der Waals surface area contributed by atoms with Gasteiger partial charge >= 0.3 is 0 Å². The van der Waals surface area contributed by atoms with Crippen LogP contribution in [0.1, 0.15) is 23.6 Å². The molecular formula is C25H33FN4O2. The molecule has 0 amide bonds. The SMILES string of the molecule is CCNC(=NCc1ccc(F)c(COC)c1)N1CC2OCCN(Cc3ccccc3)C2C1. The Balaban J connectivity index is 1.45. The van der Waals surface area contributed by atoms with Crippen molar-refractivity contribution >= 4 is 5.96 Å². The van der Waals surface area contributed by atoms with Gasteiger partial charge in [0.2, 0.25) is 0 Å². The molecule has 2 heterocycles. The van der Waals surface area contributed by atoms with Crippen LogP contribution in [0.4, 0.5) is 4.39 Å². The summed E-state index contributed by atoms with van der Waals surface area (Å²) in [5.41, 5.74) is 2.85. The highest BCUT2D eigenvalue weighted by Crippen LogP contribution is 2.25. The highest BCUT2D eigenvalue weighted by atomic mass is 19.1. The zero-order valence-corrected chi connectivity index (χ0v) is 19.0. The van der Waals surface area contributed by atoms with E-state index in [1.54, 1.807) is 13.2 Å². The van der Waals surface area contributed by atoms with E-state index in [2.05, 4.69) is 52.4 Å². The molecule has 2 saturated heterocycles. The summed E-state index contributed by atoms with van der Waals surface area (Å²) >= 11 is 0. The first-order valence-corrected chi connectivity index (χ1v) is 11.4. The summed E-state index contributed by atoms with van der Waals surface area (Å²) in [5.74, 6) is 0.633. The van der Waals surface area contributed by atoms with Crippen molar-refractivity contribution in [3.63, 3.8) is 0 Å². The van der Waals surface area contributed by atoms with Gasteiger partial charge in [0, 0.05) is 45.4 Å². The van der Waals surface area contributed by atoms with Gasteiger partial charge in [-0.1, -0.05) is 36.4 Å². The highest BCUT2D eigenvalue weighted by Gasteiger charge is 2.41. The molecule has 0 radical (unpaired) electrons. The Morgan fingerprint density at radius 2 is 2.03 bits per heavy atom. The molecule has 2 aromatic carbocycles. The molecule has 0 aliphatic carbocycles. The van der Waals surface area contributed by atoms with Gasteiger partial charge in [-0.3, -0.25) is 4.90 Å². The van der Waals surface area contributed by atoms with Gasteiger partial charge in [0.15, 0.2) is 5.96 Å². The van der Waals surface area contributed by atoms with E-state index in [4.69, 9.17) is 14.5 Å². The third-order valence-corrected chi connectivity index (χ3v) is 6.10. The largest absolute Gasteiger partial charge is 0.380 e. The summed E-state index contributed by atoms with van der Waals surface area (Å²) in [7, 11) is 1.57. The Morgan fingerprint density at radius 3 is 2.81 bits per heavy atom. The van der Waals surface area contributed by atoms with E-state index in [1.165, 1.54) is 11.6 Å². The summed E-state index contributed by atoms with van der Waals surface area (Å²) in [6.07, 6.45) is 0.176. The number of likely N-dealkylation sites (tertiary alicyclic amines) is 1. The molecular weight excluding hydrogens is 407 g/mol. The third kappa shape index (κ3) is 5.46. The van der Waals surface area contributed by atoms with Crippen LogP contribution in [0.15, 0.2) is 53.5 Å². The Kier molecular flexibility index (Phi) is 7.73. The number of ether oxygens (including phenoxy) is 2. The number of morpholine rings is 1. The first kappa shape index (κ1) is 22.7. The minimum atomic E-state index is -0.245. The van der Waals surface area contributed by atoms with E-state index >= 15 is 0 Å². The standard InChI is InChI=1S/C25H33FN4O2/c1-3-27-25(28-14-20-9-10-22(26)21(13-20)18-31-2)30-16-23-24(17-30)32-12-11-29(23)15-19-7-5-4-6-8-19/h4-10,13,23-24H,3,11-12,14-18H2,1-2H3,(H,27,28). The Morgan fingerprint density at radius 1 is 1.19 bits per heavy atom. The topological polar surface area (TPSA) is 49.3 Å². The van der Waals surface area contributed by atoms with Crippen LogP contribution in [0.3, 0.4) is 0 Å². The van der Waals surface area contributed by atoms with E-state index in [0.29, 0.717) is 18.2 Å². The number of fused-ring (bicyclic) bond motifs is 1. The molecule has 172 valence electrons. The van der Waals surface area contributed by atoms with E-state index in [0.717, 1.165) is 50.9 Å². The number of rotatable bonds is 7. The second kappa shape index (κ2) is 10.9. The molecule has 6 nitrogen and oxygen atoms in total.